The van der Waals surface area contributed by atoms with Crippen LogP contribution in [0.1, 0.15) is 30.9 Å². The van der Waals surface area contributed by atoms with Crippen LogP contribution in [0.5, 0.6) is 0 Å². The van der Waals surface area contributed by atoms with Gasteiger partial charge in [0, 0.05) is 19.1 Å². The molecule has 0 bridgehead atoms. The highest BCUT2D eigenvalue weighted by atomic mass is 16.2. The Morgan fingerprint density at radius 2 is 2.05 bits per heavy atom. The lowest BCUT2D eigenvalue weighted by atomic mass is 9.90. The minimum absolute atomic E-state index is 0.214. The monoisotopic (exact) mass is 260 g/mol. The summed E-state index contributed by atoms with van der Waals surface area (Å²) in [7, 11) is 0. The second-order valence-electron chi connectivity index (χ2n) is 5.67. The lowest BCUT2D eigenvalue weighted by molar-refractivity contribution is -0.135. The highest BCUT2D eigenvalue weighted by Gasteiger charge is 2.30. The van der Waals surface area contributed by atoms with Gasteiger partial charge in [0.25, 0.3) is 0 Å². The van der Waals surface area contributed by atoms with Crippen LogP contribution in [-0.2, 0) is 11.2 Å². The SMILES string of the molecule is Cc1ccc(CC(=O)N2CCC[C@@H](C)[C@@H]2CN)cc1. The molecule has 1 aliphatic heterocycles. The molecule has 0 saturated carbocycles. The van der Waals surface area contributed by atoms with Gasteiger partial charge in [-0.25, -0.2) is 0 Å². The van der Waals surface area contributed by atoms with Crippen LogP contribution in [-0.4, -0.2) is 29.9 Å². The molecule has 3 nitrogen and oxygen atoms in total. The molecule has 1 aromatic carbocycles. The molecule has 2 rings (SSSR count). The minimum Gasteiger partial charge on any atom is -0.338 e. The molecule has 1 fully saturated rings. The van der Waals surface area contributed by atoms with E-state index in [0.29, 0.717) is 18.9 Å². The Balaban J connectivity index is 2.04. The number of nitrogens with two attached hydrogens (primary N) is 1. The molecule has 1 aliphatic rings. The molecule has 2 N–H and O–H groups in total. The normalized spacial score (nSPS) is 23.4. The van der Waals surface area contributed by atoms with Gasteiger partial charge in [-0.1, -0.05) is 36.8 Å². The largest absolute Gasteiger partial charge is 0.338 e. The van der Waals surface area contributed by atoms with E-state index in [2.05, 4.69) is 26.0 Å². The smallest absolute Gasteiger partial charge is 0.227 e. The molecule has 0 aromatic heterocycles. The first-order chi connectivity index (χ1) is 9.11. The first-order valence-corrected chi connectivity index (χ1v) is 7.17. The summed E-state index contributed by atoms with van der Waals surface area (Å²) in [4.78, 5) is 14.4. The molecule has 3 heteroatoms. The van der Waals surface area contributed by atoms with Gasteiger partial charge < -0.3 is 10.6 Å². The van der Waals surface area contributed by atoms with Gasteiger partial charge >= 0.3 is 0 Å². The Morgan fingerprint density at radius 1 is 1.37 bits per heavy atom. The number of nitrogens with zero attached hydrogens (tertiary/aromatic N) is 1. The Bertz CT molecular complexity index is 427. The Hall–Kier alpha value is -1.35. The van der Waals surface area contributed by atoms with Crippen molar-refractivity contribution in [2.45, 2.75) is 39.2 Å². The van der Waals surface area contributed by atoms with Crippen molar-refractivity contribution in [2.75, 3.05) is 13.1 Å². The van der Waals surface area contributed by atoms with Crippen molar-refractivity contribution < 1.29 is 4.79 Å². The molecule has 0 radical (unpaired) electrons. The molecule has 0 aliphatic carbocycles. The Kier molecular flexibility index (Phi) is 4.59. The average Bonchev–Trinajstić information content (AvgIpc) is 2.41. The number of hydrogen-bond acceptors (Lipinski definition) is 2. The molecule has 1 heterocycles. The van der Waals surface area contributed by atoms with E-state index in [0.717, 1.165) is 18.5 Å². The average molecular weight is 260 g/mol. The van der Waals surface area contributed by atoms with Crippen molar-refractivity contribution in [1.29, 1.82) is 0 Å². The van der Waals surface area contributed by atoms with Crippen molar-refractivity contribution in [3.05, 3.63) is 35.4 Å². The molecule has 0 unspecified atom stereocenters. The van der Waals surface area contributed by atoms with E-state index < -0.39 is 0 Å². The zero-order valence-corrected chi connectivity index (χ0v) is 11.9. The summed E-state index contributed by atoms with van der Waals surface area (Å²) in [5, 5.41) is 0. The summed E-state index contributed by atoms with van der Waals surface area (Å²) in [6.07, 6.45) is 2.76. The van der Waals surface area contributed by atoms with Gasteiger partial charge in [-0.2, -0.15) is 0 Å². The van der Waals surface area contributed by atoms with Crippen molar-refractivity contribution in [3.63, 3.8) is 0 Å². The number of piperidine rings is 1. The number of rotatable bonds is 3. The van der Waals surface area contributed by atoms with E-state index in [1.165, 1.54) is 12.0 Å². The van der Waals surface area contributed by atoms with Crippen LogP contribution in [0.3, 0.4) is 0 Å². The summed E-state index contributed by atoms with van der Waals surface area (Å²) < 4.78 is 0. The highest BCUT2D eigenvalue weighted by molar-refractivity contribution is 5.79. The van der Waals surface area contributed by atoms with E-state index in [1.807, 2.05) is 17.0 Å². The van der Waals surface area contributed by atoms with Gasteiger partial charge in [-0.05, 0) is 31.2 Å². The van der Waals surface area contributed by atoms with Crippen LogP contribution in [0, 0.1) is 12.8 Å². The molecule has 19 heavy (non-hydrogen) atoms. The third kappa shape index (κ3) is 3.35. The van der Waals surface area contributed by atoms with Crippen LogP contribution in [0.15, 0.2) is 24.3 Å². The molecule has 1 aromatic rings. The zero-order valence-electron chi connectivity index (χ0n) is 11.9. The summed E-state index contributed by atoms with van der Waals surface area (Å²) in [6, 6.07) is 8.41. The highest BCUT2D eigenvalue weighted by Crippen LogP contribution is 2.23. The fourth-order valence-corrected chi connectivity index (χ4v) is 2.90. The first-order valence-electron chi connectivity index (χ1n) is 7.17. The number of amides is 1. The van der Waals surface area contributed by atoms with Crippen molar-refractivity contribution in [1.82, 2.24) is 4.90 Å². The third-order valence-electron chi connectivity index (χ3n) is 4.15. The van der Waals surface area contributed by atoms with Crippen LogP contribution in [0.4, 0.5) is 0 Å². The minimum atomic E-state index is 0.214. The standard InChI is InChI=1S/C16H24N2O/c1-12-5-7-14(8-6-12)10-16(19)18-9-3-4-13(2)15(18)11-17/h5-8,13,15H,3-4,9-11,17H2,1-2H3/t13-,15+/m1/s1. The maximum absolute atomic E-state index is 12.4. The van der Waals surface area contributed by atoms with E-state index in [-0.39, 0.29) is 11.9 Å². The number of hydrogen-bond donors (Lipinski definition) is 1. The zero-order chi connectivity index (χ0) is 13.8. The summed E-state index contributed by atoms with van der Waals surface area (Å²) in [6.45, 7) is 5.68. The fourth-order valence-electron chi connectivity index (χ4n) is 2.90. The van der Waals surface area contributed by atoms with E-state index in [9.17, 15) is 4.79 Å². The quantitative estimate of drug-likeness (QED) is 0.905. The third-order valence-corrected chi connectivity index (χ3v) is 4.15. The van der Waals surface area contributed by atoms with Crippen molar-refractivity contribution in [3.8, 4) is 0 Å². The summed E-state index contributed by atoms with van der Waals surface area (Å²) >= 11 is 0. The van der Waals surface area contributed by atoms with Gasteiger partial charge in [-0.15, -0.1) is 0 Å². The fraction of sp³-hybridized carbons (Fsp3) is 0.562. The number of carbonyl (C=O) groups excluding carboxylic acids is 1. The summed E-state index contributed by atoms with van der Waals surface area (Å²) in [5.74, 6) is 0.728. The molecular weight excluding hydrogens is 236 g/mol. The maximum Gasteiger partial charge on any atom is 0.227 e. The van der Waals surface area contributed by atoms with Crippen molar-refractivity contribution >= 4 is 5.91 Å². The number of benzene rings is 1. The molecule has 1 amide bonds. The number of likely N-dealkylation sites (tertiary alicyclic amines) is 1. The van der Waals surface area contributed by atoms with Crippen LogP contribution >= 0.6 is 0 Å². The van der Waals surface area contributed by atoms with Gasteiger partial charge in [0.05, 0.1) is 6.42 Å². The molecule has 0 spiro atoms. The van der Waals surface area contributed by atoms with E-state index in [4.69, 9.17) is 5.73 Å². The molecular formula is C16H24N2O. The Morgan fingerprint density at radius 3 is 2.68 bits per heavy atom. The van der Waals surface area contributed by atoms with Crippen molar-refractivity contribution in [2.24, 2.45) is 11.7 Å². The van der Waals surface area contributed by atoms with Crippen LogP contribution in [0.25, 0.3) is 0 Å². The van der Waals surface area contributed by atoms with Gasteiger partial charge in [0.1, 0.15) is 0 Å². The number of aryl methyl sites for hydroxylation is 1. The summed E-state index contributed by atoms with van der Waals surface area (Å²) in [5.41, 5.74) is 8.15. The molecule has 1 saturated heterocycles. The molecule has 2 atom stereocenters. The van der Waals surface area contributed by atoms with Gasteiger partial charge in [0.15, 0.2) is 0 Å². The lowest BCUT2D eigenvalue weighted by Gasteiger charge is -2.39. The van der Waals surface area contributed by atoms with Gasteiger partial charge in [-0.3, -0.25) is 4.79 Å². The van der Waals surface area contributed by atoms with Crippen LogP contribution < -0.4 is 5.73 Å². The van der Waals surface area contributed by atoms with E-state index in [1.54, 1.807) is 0 Å². The van der Waals surface area contributed by atoms with E-state index >= 15 is 0 Å². The predicted molar refractivity (Wildman–Crippen MR) is 77.8 cm³/mol. The lowest BCUT2D eigenvalue weighted by Crippen LogP contribution is -2.51. The molecule has 104 valence electrons. The predicted octanol–water partition coefficient (Wildman–Crippen LogP) is 2.12. The van der Waals surface area contributed by atoms with Gasteiger partial charge in [0.2, 0.25) is 5.91 Å². The topological polar surface area (TPSA) is 46.3 Å². The second-order valence-corrected chi connectivity index (χ2v) is 5.67. The van der Waals surface area contributed by atoms with Crippen LogP contribution in [0.2, 0.25) is 0 Å². The maximum atomic E-state index is 12.4. The second kappa shape index (κ2) is 6.20. The number of carbonyl (C=O) groups is 1. The first kappa shape index (κ1) is 14.1. The Labute approximate surface area is 115 Å².